The van der Waals surface area contributed by atoms with Crippen molar-refractivity contribution in [1.82, 2.24) is 24.6 Å². The zero-order chi connectivity index (χ0) is 12.5. The van der Waals surface area contributed by atoms with Gasteiger partial charge in [-0.1, -0.05) is 0 Å². The van der Waals surface area contributed by atoms with Gasteiger partial charge in [0.25, 0.3) is 0 Å². The summed E-state index contributed by atoms with van der Waals surface area (Å²) in [6.07, 6.45) is 0.816. The number of thiazole rings is 1. The van der Waals surface area contributed by atoms with Crippen molar-refractivity contribution in [3.05, 3.63) is 32.4 Å². The summed E-state index contributed by atoms with van der Waals surface area (Å²) in [4.78, 5) is 19.4. The number of hydrogen-bond acceptors (Lipinski definition) is 5. The van der Waals surface area contributed by atoms with E-state index < -0.39 is 0 Å². The predicted molar refractivity (Wildman–Crippen MR) is 68.7 cm³/mol. The maximum Gasteiger partial charge on any atom is 0.343 e. The molecule has 2 aromatic heterocycles. The van der Waals surface area contributed by atoms with Crippen LogP contribution in [0, 0.1) is 6.92 Å². The van der Waals surface area contributed by atoms with E-state index in [1.165, 1.54) is 4.88 Å². The van der Waals surface area contributed by atoms with Crippen LogP contribution in [0.4, 0.5) is 0 Å². The minimum absolute atomic E-state index is 0.0965. The molecule has 0 spiro atoms. The van der Waals surface area contributed by atoms with Crippen LogP contribution in [0.3, 0.4) is 0 Å². The van der Waals surface area contributed by atoms with Crippen LogP contribution in [0.25, 0.3) is 0 Å². The topological polar surface area (TPSA) is 66.8 Å². The second-order valence-electron chi connectivity index (χ2n) is 4.48. The van der Waals surface area contributed by atoms with E-state index in [2.05, 4.69) is 20.1 Å². The summed E-state index contributed by atoms with van der Waals surface area (Å²) in [5, 5.41) is 6.56. The van der Waals surface area contributed by atoms with Gasteiger partial charge in [0.15, 0.2) is 0 Å². The first-order chi connectivity index (χ1) is 8.74. The molecular formula is C11H15N5OS. The molecule has 0 aromatic carbocycles. The Hall–Kier alpha value is -1.47. The van der Waals surface area contributed by atoms with Crippen molar-refractivity contribution in [3.63, 3.8) is 0 Å². The van der Waals surface area contributed by atoms with E-state index >= 15 is 0 Å². The van der Waals surface area contributed by atoms with Crippen molar-refractivity contribution in [1.29, 1.82) is 0 Å². The van der Waals surface area contributed by atoms with Crippen LogP contribution in [0.15, 0.2) is 10.3 Å². The van der Waals surface area contributed by atoms with Crippen LogP contribution in [-0.4, -0.2) is 37.7 Å². The second kappa shape index (κ2) is 4.66. The third-order valence-corrected chi connectivity index (χ3v) is 4.26. The quantitative estimate of drug-likeness (QED) is 0.853. The van der Waals surface area contributed by atoms with Gasteiger partial charge >= 0.3 is 5.69 Å². The van der Waals surface area contributed by atoms with Gasteiger partial charge in [-0.2, -0.15) is 5.10 Å². The lowest BCUT2D eigenvalue weighted by Gasteiger charge is -2.18. The van der Waals surface area contributed by atoms with Crippen LogP contribution in [0.5, 0.6) is 0 Å². The number of hydrogen-bond donors (Lipinski definition) is 1. The fraction of sp³-hybridized carbons (Fsp3) is 0.545. The van der Waals surface area contributed by atoms with Crippen LogP contribution >= 0.6 is 11.3 Å². The molecule has 0 bridgehead atoms. The van der Waals surface area contributed by atoms with E-state index in [-0.39, 0.29) is 5.69 Å². The first-order valence-electron chi connectivity index (χ1n) is 5.99. The summed E-state index contributed by atoms with van der Waals surface area (Å²) in [6, 6.07) is 0. The number of aromatic nitrogens is 4. The highest BCUT2D eigenvalue weighted by molar-refractivity contribution is 7.09. The number of nitrogens with one attached hydrogen (secondary N) is 1. The van der Waals surface area contributed by atoms with Crippen LogP contribution in [0.2, 0.25) is 0 Å². The minimum atomic E-state index is -0.0965. The third kappa shape index (κ3) is 2.11. The van der Waals surface area contributed by atoms with E-state index in [0.717, 1.165) is 37.6 Å². The van der Waals surface area contributed by atoms with Crippen LogP contribution in [0.1, 0.15) is 16.4 Å². The Morgan fingerprint density at radius 3 is 3.11 bits per heavy atom. The molecule has 3 rings (SSSR count). The summed E-state index contributed by atoms with van der Waals surface area (Å²) in [6.45, 7) is 5.48. The van der Waals surface area contributed by atoms with Crippen molar-refractivity contribution >= 4 is 11.3 Å². The molecule has 0 unspecified atom stereocenters. The molecule has 6 nitrogen and oxygen atoms in total. The Kier molecular flexibility index (Phi) is 3.00. The Labute approximate surface area is 108 Å². The fourth-order valence-corrected chi connectivity index (χ4v) is 3.04. The lowest BCUT2D eigenvalue weighted by molar-refractivity contribution is 0.272. The molecular weight excluding hydrogens is 250 g/mol. The molecule has 7 heteroatoms. The number of nitrogens with zero attached hydrogens (tertiary/aromatic N) is 4. The Balaban J connectivity index is 1.72. The zero-order valence-corrected chi connectivity index (χ0v) is 11.0. The van der Waals surface area contributed by atoms with E-state index in [9.17, 15) is 4.79 Å². The minimum Gasteiger partial charge on any atom is -0.296 e. The predicted octanol–water partition coefficient (Wildman–Crippen LogP) is 0.395. The van der Waals surface area contributed by atoms with Gasteiger partial charge in [-0.25, -0.2) is 14.9 Å². The van der Waals surface area contributed by atoms with Crippen molar-refractivity contribution < 1.29 is 0 Å². The number of fused-ring (bicyclic) bond motifs is 1. The van der Waals surface area contributed by atoms with Gasteiger partial charge in [-0.15, -0.1) is 11.3 Å². The monoisotopic (exact) mass is 265 g/mol. The van der Waals surface area contributed by atoms with E-state index in [0.29, 0.717) is 6.54 Å². The van der Waals surface area contributed by atoms with Gasteiger partial charge in [-0.3, -0.25) is 9.47 Å². The molecule has 3 heterocycles. The molecule has 0 saturated heterocycles. The highest BCUT2D eigenvalue weighted by atomic mass is 32.1. The molecule has 18 heavy (non-hydrogen) atoms. The van der Waals surface area contributed by atoms with Crippen molar-refractivity contribution in [2.75, 3.05) is 13.1 Å². The zero-order valence-electron chi connectivity index (χ0n) is 10.2. The molecule has 0 aliphatic carbocycles. The van der Waals surface area contributed by atoms with Crippen LogP contribution in [-0.2, 0) is 19.5 Å². The lowest BCUT2D eigenvalue weighted by atomic mass is 10.3. The number of rotatable bonds is 2. The normalized spacial score (nSPS) is 16.5. The lowest BCUT2D eigenvalue weighted by Crippen LogP contribution is -2.28. The molecule has 0 fully saturated rings. The Morgan fingerprint density at radius 2 is 2.33 bits per heavy atom. The first-order valence-corrected chi connectivity index (χ1v) is 6.87. The van der Waals surface area contributed by atoms with Gasteiger partial charge in [0.1, 0.15) is 5.82 Å². The maximum absolute atomic E-state index is 11.5. The molecule has 0 amide bonds. The SMILES string of the molecule is Cc1ncsc1CN1CCc2n[nH]c(=O)n2CC1. The average Bonchev–Trinajstić information content (AvgIpc) is 2.84. The van der Waals surface area contributed by atoms with Crippen molar-refractivity contribution in [3.8, 4) is 0 Å². The fourth-order valence-electron chi connectivity index (χ4n) is 2.22. The largest absolute Gasteiger partial charge is 0.343 e. The average molecular weight is 265 g/mol. The smallest absolute Gasteiger partial charge is 0.296 e. The number of aromatic amines is 1. The summed E-state index contributed by atoms with van der Waals surface area (Å²) in [5.41, 5.74) is 2.90. The molecule has 1 aliphatic heterocycles. The highest BCUT2D eigenvalue weighted by Gasteiger charge is 2.17. The van der Waals surface area contributed by atoms with Gasteiger partial charge in [0, 0.05) is 37.5 Å². The van der Waals surface area contributed by atoms with Crippen molar-refractivity contribution in [2.24, 2.45) is 0 Å². The molecule has 0 saturated carbocycles. The Morgan fingerprint density at radius 1 is 1.44 bits per heavy atom. The standard InChI is InChI=1S/C11H15N5OS/c1-8-9(18-7-12-8)6-15-3-2-10-13-14-11(17)16(10)5-4-15/h7H,2-6H2,1H3,(H,14,17). The van der Waals surface area contributed by atoms with Crippen molar-refractivity contribution in [2.45, 2.75) is 26.4 Å². The number of aryl methyl sites for hydroxylation is 1. The molecule has 0 atom stereocenters. The molecule has 1 N–H and O–H groups in total. The maximum atomic E-state index is 11.5. The van der Waals surface area contributed by atoms with E-state index in [1.54, 1.807) is 15.9 Å². The molecule has 1 aliphatic rings. The highest BCUT2D eigenvalue weighted by Crippen LogP contribution is 2.16. The molecule has 2 aromatic rings. The van der Waals surface area contributed by atoms with Gasteiger partial charge in [0.2, 0.25) is 0 Å². The number of H-pyrrole nitrogens is 1. The summed E-state index contributed by atoms with van der Waals surface area (Å²) >= 11 is 1.70. The first kappa shape index (κ1) is 11.6. The van der Waals surface area contributed by atoms with Crippen LogP contribution < -0.4 is 5.69 Å². The molecule has 96 valence electrons. The van der Waals surface area contributed by atoms with E-state index in [1.807, 2.05) is 12.4 Å². The third-order valence-electron chi connectivity index (χ3n) is 3.34. The Bertz CT molecular complexity index is 599. The summed E-state index contributed by atoms with van der Waals surface area (Å²) < 4.78 is 1.74. The molecule has 0 radical (unpaired) electrons. The van der Waals surface area contributed by atoms with Gasteiger partial charge in [0.05, 0.1) is 11.2 Å². The van der Waals surface area contributed by atoms with Gasteiger partial charge < -0.3 is 0 Å². The van der Waals surface area contributed by atoms with E-state index in [4.69, 9.17) is 0 Å². The second-order valence-corrected chi connectivity index (χ2v) is 5.42. The van der Waals surface area contributed by atoms with Gasteiger partial charge in [-0.05, 0) is 6.92 Å². The summed E-state index contributed by atoms with van der Waals surface area (Å²) in [5.74, 6) is 0.864. The summed E-state index contributed by atoms with van der Waals surface area (Å²) in [7, 11) is 0.